The summed E-state index contributed by atoms with van der Waals surface area (Å²) in [7, 11) is 0. The Bertz CT molecular complexity index is 1500. The minimum absolute atomic E-state index is 0.212. The second kappa shape index (κ2) is 10.3. The van der Waals surface area contributed by atoms with Crippen molar-refractivity contribution in [1.82, 2.24) is 9.88 Å². The van der Waals surface area contributed by atoms with E-state index >= 15 is 0 Å². The number of aromatic nitrogens is 1. The van der Waals surface area contributed by atoms with E-state index < -0.39 is 12.0 Å². The Morgan fingerprint density at radius 2 is 1.58 bits per heavy atom. The van der Waals surface area contributed by atoms with Gasteiger partial charge in [0, 0.05) is 23.2 Å². The van der Waals surface area contributed by atoms with Crippen molar-refractivity contribution >= 4 is 23.5 Å². The average molecular weight is 506 g/mol. The van der Waals surface area contributed by atoms with Crippen LogP contribution in [0.2, 0.25) is 0 Å². The Labute approximate surface area is 220 Å². The Kier molecular flexibility index (Phi) is 6.75. The first kappa shape index (κ1) is 24.9. The van der Waals surface area contributed by atoms with E-state index in [0.29, 0.717) is 22.5 Å². The largest absolute Gasteiger partial charge is 0.480 e. The van der Waals surface area contributed by atoms with Crippen LogP contribution in [-0.4, -0.2) is 38.8 Å². The van der Waals surface area contributed by atoms with E-state index in [1.165, 1.54) is 4.90 Å². The second-order valence-corrected chi connectivity index (χ2v) is 9.66. The van der Waals surface area contributed by atoms with Crippen LogP contribution in [-0.2, 0) is 11.3 Å². The highest BCUT2D eigenvalue weighted by Crippen LogP contribution is 2.31. The van der Waals surface area contributed by atoms with Crippen LogP contribution in [0.4, 0.5) is 5.69 Å². The lowest BCUT2D eigenvalue weighted by Gasteiger charge is -2.27. The lowest BCUT2D eigenvalue weighted by molar-refractivity contribution is -0.144. The fraction of sp³-hybridized carbons (Fsp3) is 0.161. The molecule has 0 bridgehead atoms. The lowest BCUT2D eigenvalue weighted by Crippen LogP contribution is -2.44. The third kappa shape index (κ3) is 4.91. The van der Waals surface area contributed by atoms with Crippen molar-refractivity contribution in [2.24, 2.45) is 5.92 Å². The quantitative estimate of drug-likeness (QED) is 0.334. The number of pyridine rings is 1. The summed E-state index contributed by atoms with van der Waals surface area (Å²) in [5, 5.41) is 12.5. The van der Waals surface area contributed by atoms with Gasteiger partial charge in [0.1, 0.15) is 6.04 Å². The van der Waals surface area contributed by atoms with E-state index in [4.69, 9.17) is 0 Å². The molecule has 1 aromatic heterocycles. The maximum absolute atomic E-state index is 13.0. The van der Waals surface area contributed by atoms with E-state index in [0.717, 1.165) is 22.3 Å². The third-order valence-corrected chi connectivity index (χ3v) is 6.73. The third-order valence-electron chi connectivity index (χ3n) is 6.73. The van der Waals surface area contributed by atoms with E-state index in [2.05, 4.69) is 10.3 Å². The van der Waals surface area contributed by atoms with Crippen LogP contribution in [0, 0.1) is 5.92 Å². The zero-order valence-electron chi connectivity index (χ0n) is 21.1. The highest BCUT2D eigenvalue weighted by Gasteiger charge is 2.38. The normalized spacial score (nSPS) is 13.3. The molecule has 1 atom stereocenters. The van der Waals surface area contributed by atoms with Crippen molar-refractivity contribution in [3.05, 3.63) is 108 Å². The van der Waals surface area contributed by atoms with Crippen LogP contribution in [0.3, 0.4) is 0 Å². The molecule has 2 heterocycles. The molecule has 38 heavy (non-hydrogen) atoms. The molecular weight excluding hydrogens is 478 g/mol. The molecule has 1 aliphatic heterocycles. The first-order chi connectivity index (χ1) is 18.3. The molecule has 0 aliphatic carbocycles. The van der Waals surface area contributed by atoms with Crippen molar-refractivity contribution < 1.29 is 19.5 Å². The SMILES string of the molecule is CC(C)C(C(=O)O)N1Cc2ccc(-c3ccc(NC(=O)c4ccc(-c5ccccc5)cc4)cn3)cc2C1=O. The molecule has 4 aromatic rings. The van der Waals surface area contributed by atoms with Gasteiger partial charge < -0.3 is 15.3 Å². The monoisotopic (exact) mass is 505 g/mol. The van der Waals surface area contributed by atoms with E-state index in [1.807, 2.05) is 54.6 Å². The molecule has 2 amide bonds. The van der Waals surface area contributed by atoms with Gasteiger partial charge in [-0.15, -0.1) is 0 Å². The molecule has 1 aliphatic rings. The summed E-state index contributed by atoms with van der Waals surface area (Å²) >= 11 is 0. The number of carbonyl (C=O) groups excluding carboxylic acids is 2. The molecule has 3 aromatic carbocycles. The number of anilines is 1. The first-order valence-corrected chi connectivity index (χ1v) is 12.4. The van der Waals surface area contributed by atoms with Crippen LogP contribution in [0.25, 0.3) is 22.4 Å². The van der Waals surface area contributed by atoms with Crippen LogP contribution in [0.1, 0.15) is 40.1 Å². The smallest absolute Gasteiger partial charge is 0.326 e. The molecule has 2 N–H and O–H groups in total. The zero-order chi connectivity index (χ0) is 26.8. The average Bonchev–Trinajstić information content (AvgIpc) is 3.24. The Hall–Kier alpha value is -4.78. The molecule has 1 unspecified atom stereocenters. The highest BCUT2D eigenvalue weighted by atomic mass is 16.4. The molecular formula is C31H27N3O4. The number of carboxylic acids is 1. The molecule has 190 valence electrons. The van der Waals surface area contributed by atoms with Gasteiger partial charge in [-0.1, -0.05) is 68.4 Å². The van der Waals surface area contributed by atoms with E-state index in [1.54, 1.807) is 50.4 Å². The van der Waals surface area contributed by atoms with Crippen LogP contribution >= 0.6 is 0 Å². The molecule has 0 spiro atoms. The van der Waals surface area contributed by atoms with Gasteiger partial charge in [-0.05, 0) is 52.9 Å². The molecule has 0 fully saturated rings. The van der Waals surface area contributed by atoms with Crippen LogP contribution in [0.15, 0.2) is 91.1 Å². The standard InChI is InChI=1S/C31H27N3O4/c1-19(2)28(31(37)38)34-18-24-13-12-23(16-26(24)30(34)36)27-15-14-25(17-32-27)33-29(35)22-10-8-21(9-11-22)20-6-4-3-5-7-20/h3-17,19,28H,18H2,1-2H3,(H,33,35)(H,37,38). The maximum Gasteiger partial charge on any atom is 0.326 e. The van der Waals surface area contributed by atoms with Gasteiger partial charge in [-0.25, -0.2) is 4.79 Å². The topological polar surface area (TPSA) is 99.6 Å². The number of carbonyl (C=O) groups is 3. The first-order valence-electron chi connectivity index (χ1n) is 12.4. The lowest BCUT2D eigenvalue weighted by atomic mass is 10.0. The Morgan fingerprint density at radius 3 is 2.21 bits per heavy atom. The summed E-state index contributed by atoms with van der Waals surface area (Å²) < 4.78 is 0. The molecule has 0 saturated heterocycles. The van der Waals surface area contributed by atoms with E-state index in [9.17, 15) is 19.5 Å². The van der Waals surface area contributed by atoms with Gasteiger partial charge in [0.05, 0.1) is 17.6 Å². The second-order valence-electron chi connectivity index (χ2n) is 9.66. The fourth-order valence-electron chi connectivity index (χ4n) is 4.77. The number of fused-ring (bicyclic) bond motifs is 1. The van der Waals surface area contributed by atoms with Crippen molar-refractivity contribution in [3.8, 4) is 22.4 Å². The molecule has 7 nitrogen and oxygen atoms in total. The predicted molar refractivity (Wildman–Crippen MR) is 146 cm³/mol. The number of benzene rings is 3. The molecule has 0 radical (unpaired) electrons. The number of rotatable bonds is 7. The maximum atomic E-state index is 13.0. The zero-order valence-corrected chi connectivity index (χ0v) is 21.1. The molecule has 7 heteroatoms. The van der Waals surface area contributed by atoms with E-state index in [-0.39, 0.29) is 24.3 Å². The summed E-state index contributed by atoms with van der Waals surface area (Å²) in [5.41, 5.74) is 5.88. The molecule has 5 rings (SSSR count). The summed E-state index contributed by atoms with van der Waals surface area (Å²) in [6.45, 7) is 3.86. The van der Waals surface area contributed by atoms with Gasteiger partial charge >= 0.3 is 5.97 Å². The van der Waals surface area contributed by atoms with Crippen molar-refractivity contribution in [3.63, 3.8) is 0 Å². The van der Waals surface area contributed by atoms with Crippen LogP contribution < -0.4 is 5.32 Å². The number of nitrogens with one attached hydrogen (secondary N) is 1. The number of amides is 2. The van der Waals surface area contributed by atoms with Gasteiger partial charge in [0.15, 0.2) is 0 Å². The number of hydrogen-bond acceptors (Lipinski definition) is 4. The Morgan fingerprint density at radius 1 is 0.895 bits per heavy atom. The van der Waals surface area contributed by atoms with Crippen molar-refractivity contribution in [1.29, 1.82) is 0 Å². The number of carboxylic acid groups (broad SMARTS) is 1. The summed E-state index contributed by atoms with van der Waals surface area (Å²) in [6, 6.07) is 25.5. The number of hydrogen-bond donors (Lipinski definition) is 2. The number of nitrogens with zero attached hydrogens (tertiary/aromatic N) is 2. The van der Waals surface area contributed by atoms with Crippen molar-refractivity contribution in [2.45, 2.75) is 26.4 Å². The van der Waals surface area contributed by atoms with Gasteiger partial charge in [0.25, 0.3) is 11.8 Å². The highest BCUT2D eigenvalue weighted by molar-refractivity contribution is 6.04. The summed E-state index contributed by atoms with van der Waals surface area (Å²) in [5.74, 6) is -1.74. The Balaban J connectivity index is 1.28. The minimum atomic E-state index is -1.01. The number of aliphatic carboxylic acids is 1. The van der Waals surface area contributed by atoms with Gasteiger partial charge in [0.2, 0.25) is 0 Å². The van der Waals surface area contributed by atoms with Gasteiger partial charge in [-0.3, -0.25) is 14.6 Å². The predicted octanol–water partition coefficient (Wildman–Crippen LogP) is 5.73. The van der Waals surface area contributed by atoms with Crippen molar-refractivity contribution in [2.75, 3.05) is 5.32 Å². The molecule has 0 saturated carbocycles. The summed E-state index contributed by atoms with van der Waals surface area (Å²) in [4.78, 5) is 43.4. The summed E-state index contributed by atoms with van der Waals surface area (Å²) in [6.07, 6.45) is 1.58. The van der Waals surface area contributed by atoms with Gasteiger partial charge in [-0.2, -0.15) is 0 Å². The van der Waals surface area contributed by atoms with Crippen LogP contribution in [0.5, 0.6) is 0 Å². The fourth-order valence-corrected chi connectivity index (χ4v) is 4.77. The minimum Gasteiger partial charge on any atom is -0.480 e.